The van der Waals surface area contributed by atoms with Gasteiger partial charge >= 0.3 is 5.97 Å². The first kappa shape index (κ1) is 36.7. The molecule has 0 N–H and O–H groups in total. The maximum absolute atomic E-state index is 14.5. The highest BCUT2D eigenvalue weighted by atomic mass is 16.5. The Labute approximate surface area is 300 Å². The molecule has 1 aliphatic rings. The van der Waals surface area contributed by atoms with Crippen LogP contribution in [0.15, 0.2) is 109 Å². The second-order valence-corrected chi connectivity index (χ2v) is 12.8. The third-order valence-corrected chi connectivity index (χ3v) is 9.23. The van der Waals surface area contributed by atoms with E-state index >= 15 is 0 Å². The average molecular weight is 688 g/mol. The summed E-state index contributed by atoms with van der Waals surface area (Å²) < 4.78 is 17.0. The lowest BCUT2D eigenvalue weighted by Crippen LogP contribution is -2.62. The van der Waals surface area contributed by atoms with E-state index in [9.17, 15) is 19.6 Å². The van der Waals surface area contributed by atoms with Gasteiger partial charge in [-0.3, -0.25) is 14.4 Å². The maximum atomic E-state index is 14.5. The highest BCUT2D eigenvalue weighted by Gasteiger charge is 2.61. The van der Waals surface area contributed by atoms with E-state index in [1.54, 1.807) is 9.80 Å². The van der Waals surface area contributed by atoms with Crippen LogP contribution in [0.3, 0.4) is 0 Å². The number of carbonyl (C=O) groups is 3. The Bertz CT molecular complexity index is 1770. The molecule has 4 aromatic carbocycles. The summed E-state index contributed by atoms with van der Waals surface area (Å²) >= 11 is 0. The molecule has 0 radical (unpaired) electrons. The molecule has 0 aromatic heterocycles. The van der Waals surface area contributed by atoms with Gasteiger partial charge in [0.1, 0.15) is 23.0 Å². The second kappa shape index (κ2) is 17.9. The topological polar surface area (TPSA) is 109 Å². The molecule has 51 heavy (non-hydrogen) atoms. The van der Waals surface area contributed by atoms with Crippen molar-refractivity contribution in [3.05, 3.63) is 120 Å². The zero-order chi connectivity index (χ0) is 36.2. The van der Waals surface area contributed by atoms with E-state index in [0.29, 0.717) is 50.5 Å². The minimum absolute atomic E-state index is 0.0396. The van der Waals surface area contributed by atoms with E-state index in [1.165, 1.54) is 7.11 Å². The zero-order valence-corrected chi connectivity index (χ0v) is 29.4. The molecular formula is C42H45N3O6. The molecule has 4 atom stereocenters. The largest absolute Gasteiger partial charge is 0.469 e. The van der Waals surface area contributed by atoms with Crippen LogP contribution >= 0.6 is 0 Å². The van der Waals surface area contributed by atoms with Crippen molar-refractivity contribution in [1.82, 2.24) is 9.80 Å². The number of nitriles is 1. The summed E-state index contributed by atoms with van der Waals surface area (Å²) in [5, 5.41) is 9.77. The fraction of sp³-hybridized carbons (Fsp3) is 0.333. The highest BCUT2D eigenvalue weighted by molar-refractivity contribution is 5.95. The van der Waals surface area contributed by atoms with Crippen LogP contribution in [0.2, 0.25) is 0 Å². The van der Waals surface area contributed by atoms with Gasteiger partial charge in [0.2, 0.25) is 11.8 Å². The molecule has 0 spiro atoms. The number of esters is 1. The minimum atomic E-state index is -0.948. The number of benzene rings is 4. The Morgan fingerprint density at radius 1 is 0.608 bits per heavy atom. The third-order valence-electron chi connectivity index (χ3n) is 9.23. The third kappa shape index (κ3) is 9.14. The monoisotopic (exact) mass is 687 g/mol. The lowest BCUT2D eigenvalue weighted by atomic mass is 9.54. The molecule has 2 amide bonds. The first-order valence-corrected chi connectivity index (χ1v) is 17.5. The molecule has 0 saturated heterocycles. The van der Waals surface area contributed by atoms with Crippen molar-refractivity contribution in [2.45, 2.75) is 46.2 Å². The SMILES string of the molecule is CCCN(Cc1ccc(Oc2ccccc2)cc1)C(=O)[C@@H]1[C@H](C(=O)OC)[C@@H](CC#N)[C@H]1C(=O)N(CCC)Cc1ccc(Oc2ccccc2)cc1. The first-order chi connectivity index (χ1) is 24.9. The van der Waals surface area contributed by atoms with E-state index in [1.807, 2.05) is 123 Å². The highest BCUT2D eigenvalue weighted by Crippen LogP contribution is 2.50. The van der Waals surface area contributed by atoms with Crippen molar-refractivity contribution in [3.63, 3.8) is 0 Å². The predicted molar refractivity (Wildman–Crippen MR) is 194 cm³/mol. The molecule has 0 aliphatic heterocycles. The number of hydrogen-bond donors (Lipinski definition) is 0. The van der Waals surface area contributed by atoms with Gasteiger partial charge in [-0.2, -0.15) is 5.26 Å². The summed E-state index contributed by atoms with van der Waals surface area (Å²) in [7, 11) is 1.28. The summed E-state index contributed by atoms with van der Waals surface area (Å²) in [5.41, 5.74) is 1.78. The van der Waals surface area contributed by atoms with Crippen molar-refractivity contribution in [3.8, 4) is 29.1 Å². The zero-order valence-electron chi connectivity index (χ0n) is 29.4. The molecule has 0 heterocycles. The lowest BCUT2D eigenvalue weighted by molar-refractivity contribution is -0.180. The van der Waals surface area contributed by atoms with Crippen LogP contribution in [-0.4, -0.2) is 47.8 Å². The van der Waals surface area contributed by atoms with Crippen LogP contribution in [-0.2, 0) is 32.2 Å². The number of ether oxygens (including phenoxy) is 3. The molecule has 0 unspecified atom stereocenters. The molecule has 264 valence electrons. The Hall–Kier alpha value is -5.62. The van der Waals surface area contributed by atoms with Crippen molar-refractivity contribution < 1.29 is 28.6 Å². The number of hydrogen-bond acceptors (Lipinski definition) is 7. The molecule has 9 nitrogen and oxygen atoms in total. The summed E-state index contributed by atoms with van der Waals surface area (Å²) in [6, 6.07) is 36.2. The van der Waals surface area contributed by atoms with Gasteiger partial charge in [-0.1, -0.05) is 74.5 Å². The van der Waals surface area contributed by atoms with E-state index in [2.05, 4.69) is 6.07 Å². The summed E-state index contributed by atoms with van der Waals surface area (Å²) in [6.07, 6.45) is 1.34. The van der Waals surface area contributed by atoms with Gasteiger partial charge in [-0.15, -0.1) is 0 Å². The van der Waals surface area contributed by atoms with Gasteiger partial charge < -0.3 is 24.0 Å². The smallest absolute Gasteiger partial charge is 0.309 e. The van der Waals surface area contributed by atoms with E-state index in [-0.39, 0.29) is 18.2 Å². The Morgan fingerprint density at radius 3 is 1.41 bits per heavy atom. The molecule has 1 fully saturated rings. The van der Waals surface area contributed by atoms with Crippen LogP contribution in [0.5, 0.6) is 23.0 Å². The number of amides is 2. The predicted octanol–water partition coefficient (Wildman–Crippen LogP) is 8.01. The molecule has 1 saturated carbocycles. The van der Waals surface area contributed by atoms with Crippen LogP contribution in [0.25, 0.3) is 0 Å². The normalized spacial score (nSPS) is 17.7. The summed E-state index contributed by atoms with van der Waals surface area (Å²) in [5.74, 6) is -1.63. The van der Waals surface area contributed by atoms with Crippen LogP contribution in [0.4, 0.5) is 0 Å². The number of rotatable bonds is 16. The summed E-state index contributed by atoms with van der Waals surface area (Å²) in [4.78, 5) is 45.6. The maximum Gasteiger partial charge on any atom is 0.309 e. The standard InChI is InChI=1S/C42H45N3O6/c1-4-26-44(28-30-16-20-34(21-17-30)50-32-12-8-6-9-13-32)40(46)37-36(24-25-43)38(42(48)49-3)39(37)41(47)45(27-5-2)29-31-18-22-35(23-19-31)51-33-14-10-7-11-15-33/h6-23,36-39H,4-5,24,26-29H2,1-3H3/t36-,37+,38+,39-/m0/s1. The number of carbonyl (C=O) groups excluding carboxylic acids is 3. The number of methoxy groups -OCH3 is 1. The van der Waals surface area contributed by atoms with Crippen LogP contribution in [0, 0.1) is 35.0 Å². The fourth-order valence-electron chi connectivity index (χ4n) is 6.81. The molecule has 1 aliphatic carbocycles. The van der Waals surface area contributed by atoms with E-state index < -0.39 is 29.6 Å². The molecule has 9 heteroatoms. The van der Waals surface area contributed by atoms with Crippen molar-refractivity contribution in [2.24, 2.45) is 23.7 Å². The second-order valence-electron chi connectivity index (χ2n) is 12.8. The first-order valence-electron chi connectivity index (χ1n) is 17.5. The Morgan fingerprint density at radius 2 is 1.02 bits per heavy atom. The summed E-state index contributed by atoms with van der Waals surface area (Å²) in [6.45, 7) is 5.47. The minimum Gasteiger partial charge on any atom is -0.469 e. The molecular weight excluding hydrogens is 642 g/mol. The number of para-hydroxylation sites is 2. The average Bonchev–Trinajstić information content (AvgIpc) is 3.15. The number of nitrogens with zero attached hydrogens (tertiary/aromatic N) is 3. The fourth-order valence-corrected chi connectivity index (χ4v) is 6.81. The quantitative estimate of drug-likeness (QED) is 0.110. The van der Waals surface area contributed by atoms with Gasteiger partial charge in [0.15, 0.2) is 0 Å². The van der Waals surface area contributed by atoms with Crippen molar-refractivity contribution in [1.29, 1.82) is 5.26 Å². The van der Waals surface area contributed by atoms with Gasteiger partial charge in [-0.05, 0) is 78.4 Å². The van der Waals surface area contributed by atoms with Gasteiger partial charge in [0.25, 0.3) is 0 Å². The Balaban J connectivity index is 1.36. The van der Waals surface area contributed by atoms with E-state index in [0.717, 1.165) is 22.6 Å². The van der Waals surface area contributed by atoms with Crippen molar-refractivity contribution in [2.75, 3.05) is 20.2 Å². The van der Waals surface area contributed by atoms with Gasteiger partial charge in [-0.25, -0.2) is 0 Å². The van der Waals surface area contributed by atoms with Crippen molar-refractivity contribution >= 4 is 17.8 Å². The van der Waals surface area contributed by atoms with Crippen LogP contribution in [0.1, 0.15) is 44.2 Å². The lowest BCUT2D eigenvalue weighted by Gasteiger charge is -2.50. The molecule has 4 aromatic rings. The van der Waals surface area contributed by atoms with Gasteiger partial charge in [0.05, 0.1) is 30.9 Å². The molecule has 5 rings (SSSR count). The molecule has 0 bridgehead atoms. The van der Waals surface area contributed by atoms with Gasteiger partial charge in [0, 0.05) is 32.6 Å². The van der Waals surface area contributed by atoms with Crippen LogP contribution < -0.4 is 9.47 Å². The van der Waals surface area contributed by atoms with E-state index in [4.69, 9.17) is 14.2 Å². The Kier molecular flexibility index (Phi) is 12.8.